The van der Waals surface area contributed by atoms with Crippen molar-refractivity contribution in [1.82, 2.24) is 14.9 Å². The lowest BCUT2D eigenvalue weighted by molar-refractivity contribution is 0.186. The summed E-state index contributed by atoms with van der Waals surface area (Å²) in [4.78, 5) is 6.82. The zero-order valence-corrected chi connectivity index (χ0v) is 16.9. The summed E-state index contributed by atoms with van der Waals surface area (Å²) in [5.74, 6) is 0. The van der Waals surface area contributed by atoms with Gasteiger partial charge in [-0.25, -0.2) is 0 Å². The number of aryl methyl sites for hydroxylation is 1. The Hall–Kier alpha value is -2.70. The lowest BCUT2D eigenvalue weighted by atomic mass is 10.0. The number of anilines is 1. The van der Waals surface area contributed by atoms with Gasteiger partial charge >= 0.3 is 0 Å². The summed E-state index contributed by atoms with van der Waals surface area (Å²) in [6, 6.07) is 18.7. The number of nitrogens with one attached hydrogen (secondary N) is 1. The van der Waals surface area contributed by atoms with Crippen LogP contribution in [-0.2, 0) is 11.3 Å². The number of aromatic nitrogens is 2. The summed E-state index contributed by atoms with van der Waals surface area (Å²) in [6.07, 6.45) is 3.93. The molecule has 0 amide bonds. The molecule has 3 aromatic rings. The van der Waals surface area contributed by atoms with Gasteiger partial charge in [0.05, 0.1) is 18.3 Å². The smallest absolute Gasteiger partial charge is 0.174 e. The van der Waals surface area contributed by atoms with Crippen LogP contribution in [0.15, 0.2) is 67.0 Å². The van der Waals surface area contributed by atoms with E-state index >= 15 is 0 Å². The van der Waals surface area contributed by atoms with Crippen molar-refractivity contribution in [3.63, 3.8) is 0 Å². The summed E-state index contributed by atoms with van der Waals surface area (Å²) in [7, 11) is 1.73. The maximum Gasteiger partial charge on any atom is 0.174 e. The number of pyridine rings is 1. The van der Waals surface area contributed by atoms with Crippen LogP contribution in [0.4, 0.5) is 5.69 Å². The Bertz CT molecular complexity index is 956. The van der Waals surface area contributed by atoms with Crippen molar-refractivity contribution in [2.75, 3.05) is 18.6 Å². The van der Waals surface area contributed by atoms with Crippen molar-refractivity contribution in [3.8, 4) is 0 Å². The van der Waals surface area contributed by atoms with Crippen molar-refractivity contribution in [2.45, 2.75) is 25.6 Å². The molecule has 2 aromatic heterocycles. The molecule has 0 radical (unpaired) electrons. The van der Waals surface area contributed by atoms with Crippen LogP contribution in [0.5, 0.6) is 0 Å². The first-order valence-corrected chi connectivity index (χ1v) is 9.81. The van der Waals surface area contributed by atoms with E-state index in [-0.39, 0.29) is 12.1 Å². The van der Waals surface area contributed by atoms with Crippen molar-refractivity contribution in [2.24, 2.45) is 0 Å². The number of ether oxygens (including phenoxy) is 1. The van der Waals surface area contributed by atoms with Crippen LogP contribution in [0.2, 0.25) is 0 Å². The first-order chi connectivity index (χ1) is 13.7. The lowest BCUT2D eigenvalue weighted by Gasteiger charge is -2.29. The first kappa shape index (κ1) is 18.7. The van der Waals surface area contributed by atoms with Crippen molar-refractivity contribution < 1.29 is 4.74 Å². The van der Waals surface area contributed by atoms with Gasteiger partial charge in [0.2, 0.25) is 0 Å². The summed E-state index contributed by atoms with van der Waals surface area (Å²) in [6.45, 7) is 3.55. The monoisotopic (exact) mass is 392 g/mol. The van der Waals surface area contributed by atoms with Crippen LogP contribution in [0.3, 0.4) is 0 Å². The van der Waals surface area contributed by atoms with Gasteiger partial charge in [0, 0.05) is 37.4 Å². The van der Waals surface area contributed by atoms with E-state index in [1.807, 2.05) is 18.3 Å². The van der Waals surface area contributed by atoms with Crippen LogP contribution < -0.4 is 10.2 Å². The summed E-state index contributed by atoms with van der Waals surface area (Å²) < 4.78 is 7.54. The second kappa shape index (κ2) is 8.12. The second-order valence-corrected chi connectivity index (χ2v) is 7.34. The van der Waals surface area contributed by atoms with Crippen LogP contribution >= 0.6 is 12.2 Å². The zero-order valence-electron chi connectivity index (χ0n) is 16.1. The number of hydrogen-bond donors (Lipinski definition) is 1. The maximum atomic E-state index is 5.78. The number of hydrogen-bond acceptors (Lipinski definition) is 3. The van der Waals surface area contributed by atoms with Gasteiger partial charge in [-0.2, -0.15) is 0 Å². The Kier molecular flexibility index (Phi) is 5.41. The highest BCUT2D eigenvalue weighted by atomic mass is 32.1. The standard InChI is InChI=1S/C22H24N4OS/c1-16-7-5-8-17(15-16)26-21(19-10-6-12-25(19)13-14-27-2)20(24-22(26)28)18-9-3-4-11-23-18/h3-12,15,20-21H,13-14H2,1-2H3,(H,24,28)/t20-,21-/m1/s1. The van der Waals surface area contributed by atoms with Crippen molar-refractivity contribution >= 4 is 23.0 Å². The highest BCUT2D eigenvalue weighted by molar-refractivity contribution is 7.80. The van der Waals surface area contributed by atoms with Crippen LogP contribution in [0.1, 0.15) is 29.0 Å². The molecular formula is C22H24N4OS. The molecule has 1 N–H and O–H groups in total. The fourth-order valence-electron chi connectivity index (χ4n) is 3.80. The molecular weight excluding hydrogens is 368 g/mol. The number of nitrogens with zero attached hydrogens (tertiary/aromatic N) is 3. The first-order valence-electron chi connectivity index (χ1n) is 9.40. The van der Waals surface area contributed by atoms with Gasteiger partial charge < -0.3 is 19.5 Å². The van der Waals surface area contributed by atoms with E-state index in [0.29, 0.717) is 11.7 Å². The van der Waals surface area contributed by atoms with Gasteiger partial charge in [-0.1, -0.05) is 18.2 Å². The molecule has 4 rings (SSSR count). The molecule has 0 aliphatic carbocycles. The molecule has 144 valence electrons. The Labute approximate surface area is 171 Å². The molecule has 0 unspecified atom stereocenters. The van der Waals surface area contributed by atoms with E-state index in [2.05, 4.69) is 75.4 Å². The Morgan fingerprint density at radius 1 is 1.14 bits per heavy atom. The lowest BCUT2D eigenvalue weighted by Crippen LogP contribution is -2.30. The van der Waals surface area contributed by atoms with E-state index in [4.69, 9.17) is 17.0 Å². The van der Waals surface area contributed by atoms with E-state index in [1.54, 1.807) is 7.11 Å². The fourth-order valence-corrected chi connectivity index (χ4v) is 4.15. The highest BCUT2D eigenvalue weighted by Crippen LogP contribution is 2.41. The Morgan fingerprint density at radius 2 is 2.04 bits per heavy atom. The van der Waals surface area contributed by atoms with E-state index in [0.717, 1.165) is 17.9 Å². The molecule has 0 saturated carbocycles. The fraction of sp³-hybridized carbons (Fsp3) is 0.273. The third kappa shape index (κ3) is 3.53. The summed E-state index contributed by atoms with van der Waals surface area (Å²) in [5.41, 5.74) is 4.45. The molecule has 28 heavy (non-hydrogen) atoms. The predicted molar refractivity (Wildman–Crippen MR) is 115 cm³/mol. The third-order valence-electron chi connectivity index (χ3n) is 5.08. The molecule has 2 atom stereocenters. The topological polar surface area (TPSA) is 42.3 Å². The van der Waals surface area contributed by atoms with Crippen molar-refractivity contribution in [1.29, 1.82) is 0 Å². The quantitative estimate of drug-likeness (QED) is 0.642. The van der Waals surface area contributed by atoms with Gasteiger partial charge in [-0.15, -0.1) is 0 Å². The SMILES string of the molecule is COCCn1cccc1[C@@H]1[C@@H](c2ccccn2)NC(=S)N1c1cccc(C)c1. The number of rotatable bonds is 6. The molecule has 1 aliphatic heterocycles. The van der Waals surface area contributed by atoms with E-state index in [9.17, 15) is 0 Å². The molecule has 1 aromatic carbocycles. The van der Waals surface area contributed by atoms with Gasteiger partial charge in [-0.05, 0) is 61.1 Å². The largest absolute Gasteiger partial charge is 0.383 e. The normalized spacial score (nSPS) is 19.1. The molecule has 1 saturated heterocycles. The molecule has 0 bridgehead atoms. The molecule has 6 heteroatoms. The number of benzene rings is 1. The highest BCUT2D eigenvalue weighted by Gasteiger charge is 2.41. The molecule has 3 heterocycles. The number of thiocarbonyl (C=S) groups is 1. The van der Waals surface area contributed by atoms with E-state index in [1.165, 1.54) is 11.3 Å². The van der Waals surface area contributed by atoms with Crippen molar-refractivity contribution in [3.05, 3.63) is 83.9 Å². The third-order valence-corrected chi connectivity index (χ3v) is 5.40. The predicted octanol–water partition coefficient (Wildman–Crippen LogP) is 4.02. The Balaban J connectivity index is 1.81. The second-order valence-electron chi connectivity index (χ2n) is 6.95. The van der Waals surface area contributed by atoms with Crippen LogP contribution in [0.25, 0.3) is 0 Å². The number of methoxy groups -OCH3 is 1. The molecule has 1 aliphatic rings. The Morgan fingerprint density at radius 3 is 2.79 bits per heavy atom. The van der Waals surface area contributed by atoms with Crippen LogP contribution in [-0.4, -0.2) is 28.4 Å². The minimum atomic E-state index is -0.0367. The molecule has 0 spiro atoms. The zero-order chi connectivity index (χ0) is 19.5. The van der Waals surface area contributed by atoms with Gasteiger partial charge in [0.15, 0.2) is 5.11 Å². The van der Waals surface area contributed by atoms with E-state index < -0.39 is 0 Å². The average Bonchev–Trinajstić information content (AvgIpc) is 3.30. The minimum absolute atomic E-state index is 0.00365. The molecule has 1 fully saturated rings. The molecule has 5 nitrogen and oxygen atoms in total. The summed E-state index contributed by atoms with van der Waals surface area (Å²) in [5, 5.41) is 4.22. The van der Waals surface area contributed by atoms with Gasteiger partial charge in [-0.3, -0.25) is 4.98 Å². The van der Waals surface area contributed by atoms with Crippen LogP contribution in [0, 0.1) is 6.92 Å². The maximum absolute atomic E-state index is 5.78. The average molecular weight is 393 g/mol. The van der Waals surface area contributed by atoms with Gasteiger partial charge in [0.1, 0.15) is 6.04 Å². The van der Waals surface area contributed by atoms with Gasteiger partial charge in [0.25, 0.3) is 0 Å². The summed E-state index contributed by atoms with van der Waals surface area (Å²) >= 11 is 5.78. The minimum Gasteiger partial charge on any atom is -0.383 e.